The maximum Gasteiger partial charge on any atom is 0.162 e. The number of aromatic nitrogens is 2. The second kappa shape index (κ2) is 6.51. The number of hydrogen-bond acceptors (Lipinski definition) is 3. The minimum atomic E-state index is -0.364. The number of nitrogens with zero attached hydrogens (tertiary/aromatic N) is 2. The fourth-order valence-corrected chi connectivity index (χ4v) is 3.89. The first-order valence-electron chi connectivity index (χ1n) is 7.68. The van der Waals surface area contributed by atoms with Gasteiger partial charge in [-0.15, -0.1) is 0 Å². The van der Waals surface area contributed by atoms with Gasteiger partial charge in [0.2, 0.25) is 0 Å². The van der Waals surface area contributed by atoms with E-state index in [1.165, 1.54) is 6.42 Å². The van der Waals surface area contributed by atoms with Crippen LogP contribution in [0.5, 0.6) is 0 Å². The van der Waals surface area contributed by atoms with Crippen molar-refractivity contribution in [3.63, 3.8) is 0 Å². The van der Waals surface area contributed by atoms with E-state index in [9.17, 15) is 0 Å². The number of hydrogen-bond donors (Lipinski definition) is 0. The van der Waals surface area contributed by atoms with Crippen molar-refractivity contribution < 1.29 is 4.74 Å². The van der Waals surface area contributed by atoms with Crippen molar-refractivity contribution in [2.45, 2.75) is 70.8 Å². The molecule has 0 amide bonds. The van der Waals surface area contributed by atoms with Crippen molar-refractivity contribution in [3.8, 4) is 0 Å². The third-order valence-corrected chi connectivity index (χ3v) is 5.26. The fraction of sp³-hybridized carbons (Fsp3) is 0.750. The summed E-state index contributed by atoms with van der Waals surface area (Å²) >= 11 is 9.89. The van der Waals surface area contributed by atoms with Gasteiger partial charge in [-0.2, -0.15) is 0 Å². The first-order valence-corrected chi connectivity index (χ1v) is 8.85. The van der Waals surface area contributed by atoms with Crippen molar-refractivity contribution in [2.75, 3.05) is 6.61 Å². The molecule has 3 nitrogen and oxygen atoms in total. The van der Waals surface area contributed by atoms with Crippen LogP contribution in [0, 0.1) is 0 Å². The summed E-state index contributed by atoms with van der Waals surface area (Å²) in [5.74, 6) is 0.752. The smallest absolute Gasteiger partial charge is 0.162 e. The van der Waals surface area contributed by atoms with Crippen molar-refractivity contribution in [1.29, 1.82) is 0 Å². The van der Waals surface area contributed by atoms with Crippen LogP contribution in [0.15, 0.2) is 4.47 Å². The van der Waals surface area contributed by atoms with E-state index >= 15 is 0 Å². The molecule has 1 aliphatic rings. The Hall–Kier alpha value is -0.190. The van der Waals surface area contributed by atoms with Crippen molar-refractivity contribution in [1.82, 2.24) is 9.97 Å². The molecule has 1 aliphatic carbocycles. The van der Waals surface area contributed by atoms with E-state index in [0.717, 1.165) is 41.7 Å². The van der Waals surface area contributed by atoms with Gasteiger partial charge in [0.25, 0.3) is 0 Å². The second-order valence-electron chi connectivity index (χ2n) is 6.74. The van der Waals surface area contributed by atoms with Gasteiger partial charge in [0, 0.05) is 12.0 Å². The molecule has 118 valence electrons. The third kappa shape index (κ3) is 3.59. The van der Waals surface area contributed by atoms with Crippen LogP contribution in [-0.4, -0.2) is 16.6 Å². The molecule has 1 aromatic heterocycles. The Morgan fingerprint density at radius 1 is 1.19 bits per heavy atom. The van der Waals surface area contributed by atoms with Crippen LogP contribution in [0.1, 0.15) is 71.3 Å². The van der Waals surface area contributed by atoms with E-state index < -0.39 is 0 Å². The highest BCUT2D eigenvalue weighted by atomic mass is 79.9. The summed E-state index contributed by atoms with van der Waals surface area (Å²) in [5, 5.41) is 0.481. The average Bonchev–Trinajstić information content (AvgIpc) is 2.41. The maximum absolute atomic E-state index is 6.35. The first kappa shape index (κ1) is 17.2. The predicted molar refractivity (Wildman–Crippen MR) is 89.8 cm³/mol. The third-order valence-electron chi connectivity index (χ3n) is 4.01. The summed E-state index contributed by atoms with van der Waals surface area (Å²) in [4.78, 5) is 9.40. The Balaban J connectivity index is 2.53. The molecule has 0 saturated heterocycles. The first-order chi connectivity index (χ1) is 9.80. The lowest BCUT2D eigenvalue weighted by atomic mass is 9.83. The van der Waals surface area contributed by atoms with Gasteiger partial charge in [-0.1, -0.05) is 51.6 Å². The molecule has 21 heavy (non-hydrogen) atoms. The van der Waals surface area contributed by atoms with Crippen LogP contribution >= 0.6 is 27.5 Å². The largest absolute Gasteiger partial charge is 0.367 e. The molecule has 1 heterocycles. The molecule has 1 saturated carbocycles. The van der Waals surface area contributed by atoms with E-state index in [0.29, 0.717) is 11.8 Å². The summed E-state index contributed by atoms with van der Waals surface area (Å²) in [6.45, 7) is 9.10. The lowest BCUT2D eigenvalue weighted by Gasteiger charge is -2.36. The van der Waals surface area contributed by atoms with Crippen LogP contribution in [0.2, 0.25) is 5.15 Å². The van der Waals surface area contributed by atoms with Crippen LogP contribution < -0.4 is 0 Å². The molecular weight excluding hydrogens is 352 g/mol. The number of rotatable bonds is 3. The molecular formula is C16H24BrClN2O. The zero-order chi connectivity index (χ0) is 15.7. The van der Waals surface area contributed by atoms with Gasteiger partial charge >= 0.3 is 0 Å². The Morgan fingerprint density at radius 3 is 2.33 bits per heavy atom. The maximum atomic E-state index is 6.35. The molecule has 0 spiro atoms. The molecule has 1 fully saturated rings. The number of halogens is 2. The predicted octanol–water partition coefficient (Wildman–Crippen LogP) is 5.39. The highest BCUT2D eigenvalue weighted by Crippen LogP contribution is 2.41. The quantitative estimate of drug-likeness (QED) is 0.665. The summed E-state index contributed by atoms with van der Waals surface area (Å²) in [6.07, 6.45) is 5.51. The molecule has 0 atom stereocenters. The van der Waals surface area contributed by atoms with Gasteiger partial charge in [-0.3, -0.25) is 0 Å². The van der Waals surface area contributed by atoms with Gasteiger partial charge in [-0.25, -0.2) is 9.97 Å². The van der Waals surface area contributed by atoms with Gasteiger partial charge in [0.1, 0.15) is 10.8 Å². The molecule has 0 radical (unpaired) electrons. The summed E-state index contributed by atoms with van der Waals surface area (Å²) in [7, 11) is 0. The summed E-state index contributed by atoms with van der Waals surface area (Å²) in [5.41, 5.74) is 0.488. The molecule has 0 unspecified atom stereocenters. The van der Waals surface area contributed by atoms with E-state index in [2.05, 4.69) is 41.7 Å². The molecule has 0 N–H and O–H groups in total. The number of ether oxygens (including phenoxy) is 1. The van der Waals surface area contributed by atoms with E-state index in [1.54, 1.807) is 0 Å². The Bertz CT molecular complexity index is 502. The average molecular weight is 376 g/mol. The van der Waals surface area contributed by atoms with Crippen LogP contribution in [-0.2, 0) is 15.8 Å². The fourth-order valence-electron chi connectivity index (χ4n) is 2.95. The van der Waals surface area contributed by atoms with E-state index in [-0.39, 0.29) is 11.0 Å². The Morgan fingerprint density at radius 2 is 1.81 bits per heavy atom. The molecule has 0 bridgehead atoms. The van der Waals surface area contributed by atoms with Gasteiger partial charge in [0.15, 0.2) is 5.82 Å². The highest BCUT2D eigenvalue weighted by molar-refractivity contribution is 9.10. The van der Waals surface area contributed by atoms with Crippen LogP contribution in [0.25, 0.3) is 0 Å². The lowest BCUT2D eigenvalue weighted by Crippen LogP contribution is -2.35. The normalized spacial score (nSPS) is 18.8. The standard InChI is InChI=1S/C16H24BrClN2O/c1-5-21-16(9-7-6-8-10-16)14-19-12(15(2,3)4)11(17)13(18)20-14/h5-10H2,1-4H3. The topological polar surface area (TPSA) is 35.0 Å². The van der Waals surface area contributed by atoms with Gasteiger partial charge < -0.3 is 4.74 Å². The Labute approximate surface area is 141 Å². The summed E-state index contributed by atoms with van der Waals surface area (Å²) in [6, 6.07) is 0. The molecule has 5 heteroatoms. The van der Waals surface area contributed by atoms with E-state index in [1.807, 2.05) is 6.92 Å². The van der Waals surface area contributed by atoms with Crippen molar-refractivity contribution in [3.05, 3.63) is 21.1 Å². The second-order valence-corrected chi connectivity index (χ2v) is 7.89. The Kier molecular flexibility index (Phi) is 5.32. The van der Waals surface area contributed by atoms with Gasteiger partial charge in [-0.05, 0) is 35.7 Å². The van der Waals surface area contributed by atoms with Crippen molar-refractivity contribution >= 4 is 27.5 Å². The zero-order valence-electron chi connectivity index (χ0n) is 13.3. The molecule has 0 aliphatic heterocycles. The van der Waals surface area contributed by atoms with Crippen LogP contribution in [0.4, 0.5) is 0 Å². The lowest BCUT2D eigenvalue weighted by molar-refractivity contribution is -0.0769. The minimum absolute atomic E-state index is 0.0950. The SMILES string of the molecule is CCOC1(c2nc(Cl)c(Br)c(C(C)(C)C)n2)CCCCC1. The van der Waals surface area contributed by atoms with Crippen molar-refractivity contribution in [2.24, 2.45) is 0 Å². The molecule has 1 aromatic rings. The van der Waals surface area contributed by atoms with Gasteiger partial charge in [0.05, 0.1) is 10.2 Å². The minimum Gasteiger partial charge on any atom is -0.367 e. The molecule has 2 rings (SSSR count). The summed E-state index contributed by atoms with van der Waals surface area (Å²) < 4.78 is 6.91. The van der Waals surface area contributed by atoms with E-state index in [4.69, 9.17) is 21.3 Å². The zero-order valence-corrected chi connectivity index (χ0v) is 15.6. The monoisotopic (exact) mass is 374 g/mol. The highest BCUT2D eigenvalue weighted by Gasteiger charge is 2.39. The van der Waals surface area contributed by atoms with Crippen LogP contribution in [0.3, 0.4) is 0 Å². The molecule has 0 aromatic carbocycles.